The monoisotopic (exact) mass is 311 g/mol. The molecule has 3 nitrogen and oxygen atoms in total. The molecule has 0 aliphatic heterocycles. The van der Waals surface area contributed by atoms with Gasteiger partial charge < -0.3 is 5.32 Å². The zero-order chi connectivity index (χ0) is 15.9. The van der Waals surface area contributed by atoms with Gasteiger partial charge in [-0.2, -0.15) is 0 Å². The Morgan fingerprint density at radius 1 is 1.19 bits per heavy atom. The Kier molecular flexibility index (Phi) is 7.40. The second-order valence-electron chi connectivity index (χ2n) is 5.94. The molecule has 1 N–H and O–H groups in total. The highest BCUT2D eigenvalue weighted by atomic mass is 32.2. The molecule has 1 atom stereocenters. The first kappa shape index (κ1) is 18.2. The van der Waals surface area contributed by atoms with Crippen molar-refractivity contribution in [3.05, 3.63) is 29.3 Å². The molecule has 120 valence electrons. The van der Waals surface area contributed by atoms with Crippen molar-refractivity contribution in [3.63, 3.8) is 0 Å². The fourth-order valence-electron chi connectivity index (χ4n) is 2.49. The summed E-state index contributed by atoms with van der Waals surface area (Å²) >= 11 is 0. The first-order valence-corrected chi connectivity index (χ1v) is 9.55. The van der Waals surface area contributed by atoms with Gasteiger partial charge in [0.25, 0.3) is 0 Å². The second-order valence-corrected chi connectivity index (χ2v) is 8.02. The lowest BCUT2D eigenvalue weighted by molar-refractivity contribution is 0.494. The van der Waals surface area contributed by atoms with Gasteiger partial charge in [-0.3, -0.25) is 0 Å². The molecule has 0 spiro atoms. The number of hydrogen-bond acceptors (Lipinski definition) is 3. The molecule has 0 aliphatic rings. The summed E-state index contributed by atoms with van der Waals surface area (Å²) in [6, 6.07) is 6.01. The van der Waals surface area contributed by atoms with E-state index in [1.54, 1.807) is 6.07 Å². The third-order valence-corrected chi connectivity index (χ3v) is 5.66. The van der Waals surface area contributed by atoms with Crippen LogP contribution >= 0.6 is 0 Å². The summed E-state index contributed by atoms with van der Waals surface area (Å²) in [5.41, 5.74) is 1.95. The minimum absolute atomic E-state index is 0.247. The van der Waals surface area contributed by atoms with Crippen LogP contribution in [0, 0.1) is 13.8 Å². The Morgan fingerprint density at radius 3 is 2.52 bits per heavy atom. The fraction of sp³-hybridized carbons (Fsp3) is 0.647. The number of unbranched alkanes of at least 4 members (excludes halogenated alkanes) is 1. The van der Waals surface area contributed by atoms with E-state index in [4.69, 9.17) is 0 Å². The van der Waals surface area contributed by atoms with Crippen LogP contribution in [0.5, 0.6) is 0 Å². The van der Waals surface area contributed by atoms with Crippen molar-refractivity contribution in [3.8, 4) is 0 Å². The standard InChI is InChI=1S/C17H29NO2S/c1-5-11-18-16(4)8-6-7-12-21(19,20)17-10-9-14(2)13-15(17)3/h9-10,13,16,18H,5-8,11-12H2,1-4H3. The average Bonchev–Trinajstić information content (AvgIpc) is 2.41. The molecular formula is C17H29NO2S. The summed E-state index contributed by atoms with van der Waals surface area (Å²) in [6.45, 7) is 9.19. The zero-order valence-corrected chi connectivity index (χ0v) is 14.6. The Morgan fingerprint density at radius 2 is 1.90 bits per heavy atom. The molecule has 0 saturated heterocycles. The first-order valence-electron chi connectivity index (χ1n) is 7.90. The minimum atomic E-state index is -3.14. The van der Waals surface area contributed by atoms with E-state index in [1.165, 1.54) is 0 Å². The molecule has 0 bridgehead atoms. The van der Waals surface area contributed by atoms with E-state index in [-0.39, 0.29) is 5.75 Å². The van der Waals surface area contributed by atoms with Crippen LogP contribution in [0.4, 0.5) is 0 Å². The van der Waals surface area contributed by atoms with Crippen molar-refractivity contribution in [2.75, 3.05) is 12.3 Å². The van der Waals surface area contributed by atoms with E-state index in [1.807, 2.05) is 26.0 Å². The van der Waals surface area contributed by atoms with Crippen LogP contribution in [-0.2, 0) is 9.84 Å². The van der Waals surface area contributed by atoms with Gasteiger partial charge in [-0.1, -0.05) is 31.0 Å². The average molecular weight is 311 g/mol. The van der Waals surface area contributed by atoms with Gasteiger partial charge in [0.15, 0.2) is 9.84 Å². The van der Waals surface area contributed by atoms with Gasteiger partial charge >= 0.3 is 0 Å². The Bertz CT molecular complexity index is 538. The Labute approximate surface area is 130 Å². The van der Waals surface area contributed by atoms with Gasteiger partial charge in [0.05, 0.1) is 10.6 Å². The van der Waals surface area contributed by atoms with Gasteiger partial charge in [0, 0.05) is 6.04 Å². The van der Waals surface area contributed by atoms with Crippen LogP contribution in [0.25, 0.3) is 0 Å². The topological polar surface area (TPSA) is 46.2 Å². The normalized spacial score (nSPS) is 13.3. The van der Waals surface area contributed by atoms with E-state index in [9.17, 15) is 8.42 Å². The van der Waals surface area contributed by atoms with Gasteiger partial charge in [-0.05, 0) is 58.2 Å². The third kappa shape index (κ3) is 6.18. The van der Waals surface area contributed by atoms with E-state index in [0.29, 0.717) is 10.9 Å². The Hall–Kier alpha value is -0.870. The lowest BCUT2D eigenvalue weighted by atomic mass is 10.1. The maximum atomic E-state index is 12.4. The van der Waals surface area contributed by atoms with E-state index < -0.39 is 9.84 Å². The molecule has 4 heteroatoms. The molecule has 0 saturated carbocycles. The molecule has 1 aromatic rings. The Balaban J connectivity index is 2.47. The second kappa shape index (κ2) is 8.54. The minimum Gasteiger partial charge on any atom is -0.314 e. The smallest absolute Gasteiger partial charge is 0.178 e. The largest absolute Gasteiger partial charge is 0.314 e. The predicted molar refractivity (Wildman–Crippen MR) is 89.6 cm³/mol. The molecular weight excluding hydrogens is 282 g/mol. The van der Waals surface area contributed by atoms with Crippen molar-refractivity contribution in [1.82, 2.24) is 5.32 Å². The third-order valence-electron chi connectivity index (χ3n) is 3.71. The molecule has 1 aromatic carbocycles. The fourth-order valence-corrected chi connectivity index (χ4v) is 4.12. The number of aryl methyl sites for hydroxylation is 2. The van der Waals surface area contributed by atoms with E-state index >= 15 is 0 Å². The first-order chi connectivity index (χ1) is 9.86. The SMILES string of the molecule is CCCNC(C)CCCCS(=O)(=O)c1ccc(C)cc1C. The lowest BCUT2D eigenvalue weighted by Crippen LogP contribution is -2.26. The van der Waals surface area contributed by atoms with Crippen LogP contribution < -0.4 is 5.32 Å². The van der Waals surface area contributed by atoms with Crippen molar-refractivity contribution in [2.24, 2.45) is 0 Å². The molecule has 1 unspecified atom stereocenters. The van der Waals surface area contributed by atoms with Crippen LogP contribution in [0.2, 0.25) is 0 Å². The number of sulfone groups is 1. The van der Waals surface area contributed by atoms with Gasteiger partial charge in [-0.15, -0.1) is 0 Å². The maximum Gasteiger partial charge on any atom is 0.178 e. The molecule has 0 amide bonds. The van der Waals surface area contributed by atoms with Crippen LogP contribution in [0.15, 0.2) is 23.1 Å². The van der Waals surface area contributed by atoms with Crippen molar-refractivity contribution in [2.45, 2.75) is 64.3 Å². The highest BCUT2D eigenvalue weighted by molar-refractivity contribution is 7.91. The number of nitrogens with one attached hydrogen (secondary N) is 1. The maximum absolute atomic E-state index is 12.4. The van der Waals surface area contributed by atoms with E-state index in [2.05, 4.69) is 19.2 Å². The lowest BCUT2D eigenvalue weighted by Gasteiger charge is -2.13. The summed E-state index contributed by atoms with van der Waals surface area (Å²) in [5.74, 6) is 0.247. The molecule has 0 heterocycles. The highest BCUT2D eigenvalue weighted by Gasteiger charge is 2.16. The molecule has 21 heavy (non-hydrogen) atoms. The quantitative estimate of drug-likeness (QED) is 0.708. The van der Waals surface area contributed by atoms with Crippen LogP contribution in [0.3, 0.4) is 0 Å². The van der Waals surface area contributed by atoms with Crippen molar-refractivity contribution < 1.29 is 8.42 Å². The highest BCUT2D eigenvalue weighted by Crippen LogP contribution is 2.19. The molecule has 0 aliphatic carbocycles. The summed E-state index contributed by atoms with van der Waals surface area (Å²) in [6.07, 6.45) is 3.84. The van der Waals surface area contributed by atoms with E-state index in [0.717, 1.165) is 43.4 Å². The summed E-state index contributed by atoms with van der Waals surface area (Å²) in [5, 5.41) is 3.43. The van der Waals surface area contributed by atoms with Crippen molar-refractivity contribution >= 4 is 9.84 Å². The van der Waals surface area contributed by atoms with Gasteiger partial charge in [0.2, 0.25) is 0 Å². The van der Waals surface area contributed by atoms with Gasteiger partial charge in [0.1, 0.15) is 0 Å². The molecule has 0 radical (unpaired) electrons. The number of hydrogen-bond donors (Lipinski definition) is 1. The zero-order valence-electron chi connectivity index (χ0n) is 13.8. The van der Waals surface area contributed by atoms with Gasteiger partial charge in [-0.25, -0.2) is 8.42 Å². The van der Waals surface area contributed by atoms with Crippen LogP contribution in [-0.4, -0.2) is 26.8 Å². The molecule has 1 rings (SSSR count). The summed E-state index contributed by atoms with van der Waals surface area (Å²) in [7, 11) is -3.14. The molecule has 0 aromatic heterocycles. The van der Waals surface area contributed by atoms with Crippen LogP contribution in [0.1, 0.15) is 50.7 Å². The number of rotatable bonds is 9. The molecule has 0 fully saturated rings. The summed E-state index contributed by atoms with van der Waals surface area (Å²) < 4.78 is 24.7. The predicted octanol–water partition coefficient (Wildman–Crippen LogP) is 3.64. The van der Waals surface area contributed by atoms with Crippen molar-refractivity contribution in [1.29, 1.82) is 0 Å². The number of benzene rings is 1. The summed E-state index contributed by atoms with van der Waals surface area (Å²) in [4.78, 5) is 0.491.